The summed E-state index contributed by atoms with van der Waals surface area (Å²) in [5, 5.41) is 9.48. The molecule has 0 atom stereocenters. The van der Waals surface area contributed by atoms with E-state index < -0.39 is 0 Å². The van der Waals surface area contributed by atoms with Gasteiger partial charge in [0.25, 0.3) is 11.8 Å². The lowest BCUT2D eigenvalue weighted by molar-refractivity contribution is 0.0652. The number of thioether (sulfide) groups is 1. The highest BCUT2D eigenvalue weighted by Crippen LogP contribution is 2.29. The number of para-hydroxylation sites is 1. The van der Waals surface area contributed by atoms with Gasteiger partial charge in [-0.3, -0.25) is 19.1 Å². The van der Waals surface area contributed by atoms with E-state index in [0.29, 0.717) is 29.3 Å². The van der Waals surface area contributed by atoms with Crippen molar-refractivity contribution in [3.8, 4) is 17.3 Å². The smallest absolute Gasteiger partial charge is 0.261 e. The number of benzene rings is 2. The Bertz CT molecular complexity index is 1220. The summed E-state index contributed by atoms with van der Waals surface area (Å²) in [6.07, 6.45) is 3.17. The molecule has 0 fully saturated rings. The second-order valence-corrected chi connectivity index (χ2v) is 8.38. The first kappa shape index (κ1) is 20.3. The molecule has 7 nitrogen and oxygen atoms in total. The highest BCUT2D eigenvalue weighted by atomic mass is 32.2. The third-order valence-electron chi connectivity index (χ3n) is 5.27. The number of hydrogen-bond acceptors (Lipinski definition) is 6. The van der Waals surface area contributed by atoms with Gasteiger partial charge >= 0.3 is 0 Å². The molecule has 1 aliphatic heterocycles. The predicted octanol–water partition coefficient (Wildman–Crippen LogP) is 4.70. The van der Waals surface area contributed by atoms with Gasteiger partial charge in [-0.15, -0.1) is 10.2 Å². The van der Waals surface area contributed by atoms with E-state index in [0.717, 1.165) is 29.4 Å². The van der Waals surface area contributed by atoms with Gasteiger partial charge in [-0.2, -0.15) is 0 Å². The number of carbonyl (C=O) groups is 2. The van der Waals surface area contributed by atoms with Crippen molar-refractivity contribution in [3.05, 3.63) is 84.1 Å². The Balaban J connectivity index is 1.23. The first-order chi connectivity index (χ1) is 15.7. The third-order valence-corrected chi connectivity index (χ3v) is 6.29. The van der Waals surface area contributed by atoms with E-state index >= 15 is 0 Å². The fraction of sp³-hybridized carbons (Fsp3) is 0.167. The van der Waals surface area contributed by atoms with Crippen molar-refractivity contribution >= 4 is 23.6 Å². The normalized spacial score (nSPS) is 13.1. The van der Waals surface area contributed by atoms with Crippen LogP contribution in [-0.4, -0.2) is 43.8 Å². The second kappa shape index (κ2) is 8.84. The summed E-state index contributed by atoms with van der Waals surface area (Å²) in [6, 6.07) is 20.6. The van der Waals surface area contributed by atoms with Crippen LogP contribution in [0.4, 0.5) is 0 Å². The molecular formula is C24H20N4O3S. The second-order valence-electron chi connectivity index (χ2n) is 7.32. The van der Waals surface area contributed by atoms with Gasteiger partial charge in [-0.1, -0.05) is 42.1 Å². The number of rotatable bonds is 8. The number of amides is 2. The first-order valence-electron chi connectivity index (χ1n) is 10.4. The van der Waals surface area contributed by atoms with Crippen LogP contribution in [0.15, 0.2) is 82.6 Å². The van der Waals surface area contributed by atoms with Crippen LogP contribution in [0.5, 0.6) is 0 Å². The quantitative estimate of drug-likeness (QED) is 0.223. The van der Waals surface area contributed by atoms with Crippen molar-refractivity contribution in [1.29, 1.82) is 0 Å². The molecule has 5 rings (SSSR count). The van der Waals surface area contributed by atoms with Gasteiger partial charge in [0, 0.05) is 18.0 Å². The van der Waals surface area contributed by atoms with Gasteiger partial charge in [0.2, 0.25) is 5.82 Å². The van der Waals surface area contributed by atoms with Gasteiger partial charge in [-0.05, 0) is 49.2 Å². The molecule has 160 valence electrons. The molecular weight excluding hydrogens is 424 g/mol. The Kier molecular flexibility index (Phi) is 5.60. The number of hydrogen-bond donors (Lipinski definition) is 0. The van der Waals surface area contributed by atoms with Gasteiger partial charge in [0.15, 0.2) is 10.9 Å². The van der Waals surface area contributed by atoms with E-state index in [1.807, 2.05) is 47.0 Å². The van der Waals surface area contributed by atoms with Crippen molar-refractivity contribution in [2.75, 3.05) is 12.3 Å². The third kappa shape index (κ3) is 3.73. The lowest BCUT2D eigenvalue weighted by atomic mass is 10.1. The molecule has 8 heteroatoms. The maximum absolute atomic E-state index is 12.5. The van der Waals surface area contributed by atoms with E-state index in [2.05, 4.69) is 10.2 Å². The fourth-order valence-corrected chi connectivity index (χ4v) is 4.67. The molecule has 0 bridgehead atoms. The maximum Gasteiger partial charge on any atom is 0.261 e. The Morgan fingerprint density at radius 3 is 2.22 bits per heavy atom. The Labute approximate surface area is 189 Å². The van der Waals surface area contributed by atoms with Crippen LogP contribution < -0.4 is 0 Å². The average molecular weight is 445 g/mol. The zero-order valence-electron chi connectivity index (χ0n) is 17.2. The number of unbranched alkanes of at least 4 members (excludes halogenated alkanes) is 1. The zero-order valence-corrected chi connectivity index (χ0v) is 18.0. The monoisotopic (exact) mass is 444 g/mol. The van der Waals surface area contributed by atoms with Crippen molar-refractivity contribution in [3.63, 3.8) is 0 Å². The van der Waals surface area contributed by atoms with E-state index in [1.165, 1.54) is 4.90 Å². The summed E-state index contributed by atoms with van der Waals surface area (Å²) in [4.78, 5) is 26.3. The minimum Gasteiger partial charge on any atom is -0.461 e. The van der Waals surface area contributed by atoms with E-state index in [4.69, 9.17) is 4.42 Å². The Hall–Kier alpha value is -3.65. The van der Waals surface area contributed by atoms with E-state index in [1.54, 1.807) is 42.3 Å². The topological polar surface area (TPSA) is 81.2 Å². The van der Waals surface area contributed by atoms with Gasteiger partial charge in [-0.25, -0.2) is 0 Å². The molecule has 0 aliphatic carbocycles. The molecule has 0 spiro atoms. The summed E-state index contributed by atoms with van der Waals surface area (Å²) >= 11 is 1.59. The van der Waals surface area contributed by atoms with Crippen LogP contribution in [0.3, 0.4) is 0 Å². The summed E-state index contributed by atoms with van der Waals surface area (Å²) in [6.45, 7) is 0.413. The number of fused-ring (bicyclic) bond motifs is 1. The molecule has 4 aromatic rings. The van der Waals surface area contributed by atoms with Crippen molar-refractivity contribution in [2.45, 2.75) is 18.0 Å². The largest absolute Gasteiger partial charge is 0.461 e. The van der Waals surface area contributed by atoms with Gasteiger partial charge in [0.05, 0.1) is 17.4 Å². The van der Waals surface area contributed by atoms with E-state index in [9.17, 15) is 9.59 Å². The molecule has 2 aromatic heterocycles. The summed E-state index contributed by atoms with van der Waals surface area (Å²) in [5.74, 6) is 1.68. The molecule has 1 aliphatic rings. The van der Waals surface area contributed by atoms with Crippen molar-refractivity contribution < 1.29 is 14.0 Å². The van der Waals surface area contributed by atoms with Gasteiger partial charge in [0.1, 0.15) is 0 Å². The highest BCUT2D eigenvalue weighted by molar-refractivity contribution is 7.99. The zero-order chi connectivity index (χ0) is 21.9. The van der Waals surface area contributed by atoms with Crippen LogP contribution in [0.25, 0.3) is 17.3 Å². The predicted molar refractivity (Wildman–Crippen MR) is 121 cm³/mol. The Morgan fingerprint density at radius 1 is 0.812 bits per heavy atom. The van der Waals surface area contributed by atoms with Crippen LogP contribution >= 0.6 is 11.8 Å². The minimum absolute atomic E-state index is 0.204. The van der Waals surface area contributed by atoms with Crippen molar-refractivity contribution in [1.82, 2.24) is 19.7 Å². The molecule has 0 radical (unpaired) electrons. The van der Waals surface area contributed by atoms with Crippen LogP contribution in [0.2, 0.25) is 0 Å². The van der Waals surface area contributed by atoms with E-state index in [-0.39, 0.29) is 11.8 Å². The maximum atomic E-state index is 12.5. The standard InChI is InChI=1S/C24H20N4O3S/c29-22-18-11-4-5-12-19(18)23(30)27(22)14-6-7-16-32-24-26-25-21(20-13-8-15-31-20)28(24)17-9-2-1-3-10-17/h1-5,8-13,15H,6-7,14,16H2. The van der Waals surface area contributed by atoms with Gasteiger partial charge < -0.3 is 4.42 Å². The number of furan rings is 1. The Morgan fingerprint density at radius 2 is 1.53 bits per heavy atom. The summed E-state index contributed by atoms with van der Waals surface area (Å²) in [7, 11) is 0. The van der Waals surface area contributed by atoms with Crippen LogP contribution in [0, 0.1) is 0 Å². The molecule has 2 aromatic carbocycles. The average Bonchev–Trinajstić information content (AvgIpc) is 3.55. The molecule has 0 N–H and O–H groups in total. The number of imide groups is 1. The summed E-state index contributed by atoms with van der Waals surface area (Å²) in [5.41, 5.74) is 1.94. The molecule has 3 heterocycles. The molecule has 0 unspecified atom stereocenters. The minimum atomic E-state index is -0.204. The lowest BCUT2D eigenvalue weighted by Gasteiger charge is -2.13. The summed E-state index contributed by atoms with van der Waals surface area (Å²) < 4.78 is 7.52. The molecule has 0 saturated heterocycles. The van der Waals surface area contributed by atoms with Crippen LogP contribution in [0.1, 0.15) is 33.6 Å². The number of nitrogens with zero attached hydrogens (tertiary/aromatic N) is 4. The van der Waals surface area contributed by atoms with Crippen LogP contribution in [-0.2, 0) is 0 Å². The highest BCUT2D eigenvalue weighted by Gasteiger charge is 2.34. The first-order valence-corrected chi connectivity index (χ1v) is 11.4. The molecule has 2 amide bonds. The van der Waals surface area contributed by atoms with Crippen molar-refractivity contribution in [2.24, 2.45) is 0 Å². The SMILES string of the molecule is O=C1c2ccccc2C(=O)N1CCCCSc1nnc(-c2ccco2)n1-c1ccccc1. The molecule has 32 heavy (non-hydrogen) atoms. The number of aromatic nitrogens is 3. The number of carbonyl (C=O) groups excluding carboxylic acids is 2. The molecule has 0 saturated carbocycles. The fourth-order valence-electron chi connectivity index (χ4n) is 3.72. The lowest BCUT2D eigenvalue weighted by Crippen LogP contribution is -2.30.